The van der Waals surface area contributed by atoms with Gasteiger partial charge in [-0.1, -0.05) is 18.6 Å². The monoisotopic (exact) mass is 214 g/mol. The Morgan fingerprint density at radius 2 is 2.00 bits per heavy atom. The highest BCUT2D eigenvalue weighted by Crippen LogP contribution is 2.21. The Balaban J connectivity index is 3.44. The molecule has 0 amide bonds. The molecule has 0 heterocycles. The predicted octanol–water partition coefficient (Wildman–Crippen LogP) is 0.645. The molecule has 0 aromatic carbocycles. The van der Waals surface area contributed by atoms with Crippen LogP contribution in [-0.2, 0) is 15.1 Å². The predicted molar refractivity (Wildman–Crippen MR) is 52.6 cm³/mol. The quantitative estimate of drug-likeness (QED) is 0.650. The lowest BCUT2D eigenvalue weighted by Crippen LogP contribution is -2.23. The number of allylic oxidation sites excluding steroid dienone is 3. The van der Waals surface area contributed by atoms with E-state index in [4.69, 9.17) is 5.11 Å². The Kier molecular flexibility index (Phi) is 2.90. The molecule has 1 aliphatic rings. The van der Waals surface area contributed by atoms with Crippen molar-refractivity contribution in [2.45, 2.75) is 13.8 Å². The molecule has 4 nitrogen and oxygen atoms in total. The van der Waals surface area contributed by atoms with Gasteiger partial charge < -0.3 is 5.11 Å². The SMILES string of the molecule is CC1=CC=C(C(=O)O)C(=S(=O)=O)C1C. The van der Waals surface area contributed by atoms with Gasteiger partial charge >= 0.3 is 5.97 Å². The Morgan fingerprint density at radius 3 is 2.43 bits per heavy atom. The number of carboxylic acids is 1. The van der Waals surface area contributed by atoms with Crippen LogP contribution in [0.2, 0.25) is 0 Å². The first-order valence-electron chi connectivity index (χ1n) is 4.03. The van der Waals surface area contributed by atoms with Gasteiger partial charge in [0.25, 0.3) is 0 Å². The Labute approximate surface area is 83.1 Å². The number of hydrogen-bond acceptors (Lipinski definition) is 3. The van der Waals surface area contributed by atoms with Crippen molar-refractivity contribution in [1.29, 1.82) is 0 Å². The van der Waals surface area contributed by atoms with Crippen molar-refractivity contribution in [3.8, 4) is 0 Å². The lowest BCUT2D eigenvalue weighted by atomic mass is 9.89. The van der Waals surface area contributed by atoms with Crippen molar-refractivity contribution in [2.24, 2.45) is 5.92 Å². The molecule has 0 aliphatic heterocycles. The second-order valence-electron chi connectivity index (χ2n) is 3.12. The first-order chi connectivity index (χ1) is 6.45. The summed E-state index contributed by atoms with van der Waals surface area (Å²) in [5, 5.41) is 8.77. The van der Waals surface area contributed by atoms with Crippen LogP contribution in [0, 0.1) is 5.92 Å². The van der Waals surface area contributed by atoms with Crippen molar-refractivity contribution in [3.05, 3.63) is 23.3 Å². The molecule has 1 N–H and O–H groups in total. The fourth-order valence-corrected chi connectivity index (χ4v) is 2.10. The van der Waals surface area contributed by atoms with Crippen molar-refractivity contribution in [3.63, 3.8) is 0 Å². The van der Waals surface area contributed by atoms with E-state index >= 15 is 0 Å². The number of aliphatic carboxylic acids is 1. The standard InChI is InChI=1S/C9H10O4S/c1-5-3-4-7(9(10)11)8(6(5)2)14(12)13/h3-4,6H,1-2H3,(H,10,11). The largest absolute Gasteiger partial charge is 0.478 e. The molecule has 5 heteroatoms. The van der Waals surface area contributed by atoms with Crippen molar-refractivity contribution in [1.82, 2.24) is 0 Å². The van der Waals surface area contributed by atoms with Crippen LogP contribution in [0.3, 0.4) is 0 Å². The minimum Gasteiger partial charge on any atom is -0.478 e. The fraction of sp³-hybridized carbons (Fsp3) is 0.333. The van der Waals surface area contributed by atoms with Crippen molar-refractivity contribution < 1.29 is 18.3 Å². The van der Waals surface area contributed by atoms with E-state index < -0.39 is 16.3 Å². The molecule has 0 aromatic heterocycles. The summed E-state index contributed by atoms with van der Waals surface area (Å²) in [6, 6.07) is 0. The van der Waals surface area contributed by atoms with Crippen LogP contribution >= 0.6 is 0 Å². The molecule has 1 atom stereocenters. The van der Waals surface area contributed by atoms with Crippen LogP contribution in [0.25, 0.3) is 0 Å². The molecule has 0 radical (unpaired) electrons. The Hall–Kier alpha value is -1.36. The van der Waals surface area contributed by atoms with Gasteiger partial charge in [0.15, 0.2) is 0 Å². The molecular formula is C9H10O4S. The summed E-state index contributed by atoms with van der Waals surface area (Å²) < 4.78 is 21.7. The van der Waals surface area contributed by atoms with Crippen LogP contribution in [0.5, 0.6) is 0 Å². The normalized spacial score (nSPS) is 21.3. The van der Waals surface area contributed by atoms with Gasteiger partial charge in [0.05, 0.1) is 10.4 Å². The average Bonchev–Trinajstić information content (AvgIpc) is 2.08. The van der Waals surface area contributed by atoms with Gasteiger partial charge in [0.1, 0.15) is 0 Å². The third kappa shape index (κ3) is 1.77. The topological polar surface area (TPSA) is 71.4 Å². The number of carbonyl (C=O) groups is 1. The molecule has 0 fully saturated rings. The van der Waals surface area contributed by atoms with E-state index in [0.29, 0.717) is 0 Å². The molecule has 1 aliphatic carbocycles. The second-order valence-corrected chi connectivity index (χ2v) is 4.03. The van der Waals surface area contributed by atoms with Crippen molar-refractivity contribution in [2.75, 3.05) is 0 Å². The summed E-state index contributed by atoms with van der Waals surface area (Å²) in [6.07, 6.45) is 2.95. The molecule has 14 heavy (non-hydrogen) atoms. The molecule has 0 spiro atoms. The number of rotatable bonds is 1. The van der Waals surface area contributed by atoms with Gasteiger partial charge in [-0.2, -0.15) is 8.42 Å². The molecule has 0 saturated carbocycles. The Bertz CT molecular complexity index is 457. The smallest absolute Gasteiger partial charge is 0.337 e. The summed E-state index contributed by atoms with van der Waals surface area (Å²) in [5.41, 5.74) is 0.700. The minimum absolute atomic E-state index is 0.0440. The molecule has 0 saturated heterocycles. The third-order valence-corrected chi connectivity index (χ3v) is 3.20. The summed E-state index contributed by atoms with van der Waals surface area (Å²) in [6.45, 7) is 3.44. The third-order valence-electron chi connectivity index (χ3n) is 2.26. The zero-order chi connectivity index (χ0) is 10.9. The summed E-state index contributed by atoms with van der Waals surface area (Å²) in [4.78, 5) is 10.7. The van der Waals surface area contributed by atoms with Gasteiger partial charge in [0, 0.05) is 5.92 Å². The van der Waals surface area contributed by atoms with E-state index in [1.807, 2.05) is 0 Å². The summed E-state index contributed by atoms with van der Waals surface area (Å²) >= 11 is 0. The maximum atomic E-state index is 10.9. The van der Waals surface area contributed by atoms with Crippen LogP contribution in [-0.4, -0.2) is 24.4 Å². The first kappa shape index (κ1) is 10.7. The van der Waals surface area contributed by atoms with E-state index in [1.54, 1.807) is 19.9 Å². The number of hydrogen-bond donors (Lipinski definition) is 1. The average molecular weight is 214 g/mol. The molecule has 0 aromatic rings. The summed E-state index contributed by atoms with van der Waals surface area (Å²) in [7, 11) is -2.48. The van der Waals surface area contributed by atoms with Gasteiger partial charge in [-0.3, -0.25) is 0 Å². The molecular weight excluding hydrogens is 204 g/mol. The highest BCUT2D eigenvalue weighted by molar-refractivity contribution is 7.73. The lowest BCUT2D eigenvalue weighted by molar-refractivity contribution is -0.132. The highest BCUT2D eigenvalue weighted by Gasteiger charge is 2.25. The Morgan fingerprint density at radius 1 is 1.43 bits per heavy atom. The maximum Gasteiger partial charge on any atom is 0.337 e. The minimum atomic E-state index is -2.48. The maximum absolute atomic E-state index is 10.9. The van der Waals surface area contributed by atoms with Gasteiger partial charge in [-0.15, -0.1) is 0 Å². The molecule has 0 bridgehead atoms. The molecule has 1 rings (SSSR count). The van der Waals surface area contributed by atoms with E-state index in [2.05, 4.69) is 0 Å². The highest BCUT2D eigenvalue weighted by atomic mass is 32.2. The van der Waals surface area contributed by atoms with E-state index in [0.717, 1.165) is 5.57 Å². The molecule has 1 unspecified atom stereocenters. The fourth-order valence-electron chi connectivity index (χ4n) is 1.29. The van der Waals surface area contributed by atoms with Crippen LogP contribution in [0.4, 0.5) is 0 Å². The van der Waals surface area contributed by atoms with E-state index in [-0.39, 0.29) is 16.4 Å². The zero-order valence-corrected chi connectivity index (χ0v) is 8.63. The van der Waals surface area contributed by atoms with Gasteiger partial charge in [0.2, 0.25) is 10.3 Å². The lowest BCUT2D eigenvalue weighted by Gasteiger charge is -2.17. The van der Waals surface area contributed by atoms with E-state index in [9.17, 15) is 13.2 Å². The molecule has 76 valence electrons. The van der Waals surface area contributed by atoms with Gasteiger partial charge in [-0.05, 0) is 13.0 Å². The van der Waals surface area contributed by atoms with Gasteiger partial charge in [-0.25, -0.2) is 4.79 Å². The second kappa shape index (κ2) is 3.79. The van der Waals surface area contributed by atoms with Crippen LogP contribution in [0.15, 0.2) is 23.3 Å². The number of carboxylic acid groups (broad SMARTS) is 1. The summed E-state index contributed by atoms with van der Waals surface area (Å²) in [5.74, 6) is -1.57. The first-order valence-corrected chi connectivity index (χ1v) is 5.11. The van der Waals surface area contributed by atoms with Crippen molar-refractivity contribution >= 4 is 21.1 Å². The van der Waals surface area contributed by atoms with Crippen LogP contribution < -0.4 is 0 Å². The zero-order valence-electron chi connectivity index (χ0n) is 7.81. The van der Waals surface area contributed by atoms with E-state index in [1.165, 1.54) is 6.08 Å². The van der Waals surface area contributed by atoms with Crippen LogP contribution in [0.1, 0.15) is 13.8 Å².